The Morgan fingerprint density at radius 3 is 2.39 bits per heavy atom. The van der Waals surface area contributed by atoms with Crippen molar-refractivity contribution in [2.75, 3.05) is 0 Å². The maximum absolute atomic E-state index is 13.2. The predicted octanol–water partition coefficient (Wildman–Crippen LogP) is 3.94. The molecule has 2 N–H and O–H groups in total. The number of rotatable bonds is 9. The molecule has 2 aromatic rings. The lowest BCUT2D eigenvalue weighted by Crippen LogP contribution is -2.45. The van der Waals surface area contributed by atoms with Gasteiger partial charge in [-0.25, -0.2) is 4.79 Å². The van der Waals surface area contributed by atoms with E-state index in [9.17, 15) is 14.4 Å². The van der Waals surface area contributed by atoms with Gasteiger partial charge in [0.25, 0.3) is 5.91 Å². The molecule has 33 heavy (non-hydrogen) atoms. The van der Waals surface area contributed by atoms with Gasteiger partial charge in [0.15, 0.2) is 0 Å². The summed E-state index contributed by atoms with van der Waals surface area (Å²) < 4.78 is 11.5. The largest absolute Gasteiger partial charge is 0.489 e. The third-order valence-electron chi connectivity index (χ3n) is 5.24. The molecule has 0 saturated heterocycles. The minimum atomic E-state index is -0.924. The van der Waals surface area contributed by atoms with Gasteiger partial charge in [0.2, 0.25) is 5.91 Å². The van der Waals surface area contributed by atoms with E-state index in [0.29, 0.717) is 29.4 Å². The van der Waals surface area contributed by atoms with Crippen LogP contribution in [0.3, 0.4) is 0 Å². The Morgan fingerprint density at radius 2 is 1.79 bits per heavy atom. The number of primary amides is 1. The Bertz CT molecular complexity index is 1030. The molecule has 8 heteroatoms. The Kier molecular flexibility index (Phi) is 7.64. The highest BCUT2D eigenvalue weighted by Gasteiger charge is 2.39. The van der Waals surface area contributed by atoms with Gasteiger partial charge >= 0.3 is 5.97 Å². The van der Waals surface area contributed by atoms with Gasteiger partial charge in [0, 0.05) is 23.4 Å². The van der Waals surface area contributed by atoms with Crippen LogP contribution < -0.4 is 10.5 Å². The molecule has 1 unspecified atom stereocenters. The summed E-state index contributed by atoms with van der Waals surface area (Å²) in [5, 5.41) is 0. The number of hydrogen-bond donors (Lipinski definition) is 1. The van der Waals surface area contributed by atoms with Crippen LogP contribution in [0.25, 0.3) is 0 Å². The number of fused-ring (bicyclic) bond motifs is 1. The van der Waals surface area contributed by atoms with Crippen molar-refractivity contribution < 1.29 is 23.9 Å². The number of esters is 1. The molecular formula is C25H29ClN2O5. The van der Waals surface area contributed by atoms with E-state index in [-0.39, 0.29) is 25.3 Å². The normalized spacial score (nSPS) is 14.1. The van der Waals surface area contributed by atoms with E-state index < -0.39 is 23.5 Å². The molecule has 0 aromatic heterocycles. The molecule has 0 aliphatic carbocycles. The van der Waals surface area contributed by atoms with Crippen LogP contribution in [0.1, 0.15) is 60.7 Å². The lowest BCUT2D eigenvalue weighted by Gasteiger charge is -2.29. The van der Waals surface area contributed by atoms with Gasteiger partial charge in [-0.15, -0.1) is 11.6 Å². The Morgan fingerprint density at radius 1 is 1.12 bits per heavy atom. The van der Waals surface area contributed by atoms with Crippen LogP contribution in [-0.2, 0) is 33.4 Å². The zero-order valence-corrected chi connectivity index (χ0v) is 19.9. The second kappa shape index (κ2) is 10.3. The molecule has 0 saturated carbocycles. The Balaban J connectivity index is 1.80. The van der Waals surface area contributed by atoms with E-state index in [4.69, 9.17) is 26.8 Å². The molecule has 176 valence electrons. The number of alkyl halides is 1. The SMILES string of the molecule is CC(C)(C)OC(=O)C(CCC(N)=O)N1Cc2c(OCc3ccc(CCl)cc3)cccc2C1=O. The predicted molar refractivity (Wildman–Crippen MR) is 125 cm³/mol. The first kappa shape index (κ1) is 24.6. The lowest BCUT2D eigenvalue weighted by atomic mass is 10.1. The van der Waals surface area contributed by atoms with Crippen molar-refractivity contribution in [2.24, 2.45) is 5.73 Å². The maximum Gasteiger partial charge on any atom is 0.329 e. The van der Waals surface area contributed by atoms with Crippen LogP contribution in [-0.4, -0.2) is 34.3 Å². The van der Waals surface area contributed by atoms with Crippen LogP contribution >= 0.6 is 11.6 Å². The number of hydrogen-bond acceptors (Lipinski definition) is 5. The number of ether oxygens (including phenoxy) is 2. The van der Waals surface area contributed by atoms with Gasteiger partial charge in [0.05, 0.1) is 6.54 Å². The average molecular weight is 473 g/mol. The molecule has 7 nitrogen and oxygen atoms in total. The van der Waals surface area contributed by atoms with E-state index in [1.165, 1.54) is 4.90 Å². The van der Waals surface area contributed by atoms with Crippen molar-refractivity contribution in [2.45, 2.75) is 64.3 Å². The van der Waals surface area contributed by atoms with Crippen LogP contribution in [0, 0.1) is 0 Å². The minimum absolute atomic E-state index is 0.0360. The highest BCUT2D eigenvalue weighted by molar-refractivity contribution is 6.17. The van der Waals surface area contributed by atoms with Gasteiger partial charge in [-0.3, -0.25) is 9.59 Å². The zero-order chi connectivity index (χ0) is 24.2. The summed E-state index contributed by atoms with van der Waals surface area (Å²) in [4.78, 5) is 38.9. The number of benzene rings is 2. The topological polar surface area (TPSA) is 98.9 Å². The fourth-order valence-electron chi connectivity index (χ4n) is 3.65. The van der Waals surface area contributed by atoms with Crippen molar-refractivity contribution in [3.05, 3.63) is 64.7 Å². The van der Waals surface area contributed by atoms with E-state index in [1.807, 2.05) is 24.3 Å². The van der Waals surface area contributed by atoms with E-state index in [0.717, 1.165) is 11.1 Å². The molecule has 0 spiro atoms. The van der Waals surface area contributed by atoms with Crippen molar-refractivity contribution in [3.8, 4) is 5.75 Å². The number of amides is 2. The molecular weight excluding hydrogens is 444 g/mol. The third-order valence-corrected chi connectivity index (χ3v) is 5.55. The fraction of sp³-hybridized carbons (Fsp3) is 0.400. The molecule has 1 aliphatic rings. The molecule has 1 aliphatic heterocycles. The second-order valence-electron chi connectivity index (χ2n) is 9.01. The molecule has 0 radical (unpaired) electrons. The van der Waals surface area contributed by atoms with Gasteiger partial charge in [-0.1, -0.05) is 30.3 Å². The molecule has 1 heterocycles. The number of halogens is 1. The standard InChI is InChI=1S/C25H29ClN2O5/c1-25(2,3)33-24(31)20(11-12-22(27)29)28-14-19-18(23(28)30)5-4-6-21(19)32-15-17-9-7-16(13-26)8-10-17/h4-10,20H,11-15H2,1-3H3,(H2,27,29). The molecule has 2 amide bonds. The van der Waals surface area contributed by atoms with Crippen LogP contribution in [0.15, 0.2) is 42.5 Å². The highest BCUT2D eigenvalue weighted by Crippen LogP contribution is 2.34. The highest BCUT2D eigenvalue weighted by atomic mass is 35.5. The quantitative estimate of drug-likeness (QED) is 0.440. The Hall–Kier alpha value is -3.06. The molecule has 0 fully saturated rings. The van der Waals surface area contributed by atoms with Crippen molar-refractivity contribution >= 4 is 29.4 Å². The van der Waals surface area contributed by atoms with Crippen molar-refractivity contribution in [3.63, 3.8) is 0 Å². The summed E-state index contributed by atoms with van der Waals surface area (Å²) in [6.07, 6.45) is 0.0543. The average Bonchev–Trinajstić information content (AvgIpc) is 3.08. The summed E-state index contributed by atoms with van der Waals surface area (Å²) in [7, 11) is 0. The number of carbonyl (C=O) groups excluding carboxylic acids is 3. The fourth-order valence-corrected chi connectivity index (χ4v) is 3.83. The number of nitrogens with two attached hydrogens (primary N) is 1. The maximum atomic E-state index is 13.2. The molecule has 3 rings (SSSR count). The molecule has 1 atom stereocenters. The molecule has 0 bridgehead atoms. The van der Waals surface area contributed by atoms with E-state index in [1.54, 1.807) is 39.0 Å². The number of nitrogens with zero attached hydrogens (tertiary/aromatic N) is 1. The third kappa shape index (κ3) is 6.26. The first-order valence-electron chi connectivity index (χ1n) is 10.8. The van der Waals surface area contributed by atoms with Crippen LogP contribution in [0.4, 0.5) is 0 Å². The van der Waals surface area contributed by atoms with Crippen LogP contribution in [0.2, 0.25) is 0 Å². The van der Waals surface area contributed by atoms with Crippen molar-refractivity contribution in [1.82, 2.24) is 4.90 Å². The summed E-state index contributed by atoms with van der Waals surface area (Å²) >= 11 is 5.84. The van der Waals surface area contributed by atoms with Gasteiger partial charge in [0.1, 0.15) is 24.0 Å². The molecule has 2 aromatic carbocycles. The van der Waals surface area contributed by atoms with Gasteiger partial charge < -0.3 is 20.1 Å². The summed E-state index contributed by atoms with van der Waals surface area (Å²) in [6, 6.07) is 12.1. The second-order valence-corrected chi connectivity index (χ2v) is 9.28. The lowest BCUT2D eigenvalue weighted by molar-refractivity contribution is -0.160. The minimum Gasteiger partial charge on any atom is -0.489 e. The van der Waals surface area contributed by atoms with Crippen molar-refractivity contribution in [1.29, 1.82) is 0 Å². The zero-order valence-electron chi connectivity index (χ0n) is 19.1. The van der Waals surface area contributed by atoms with Gasteiger partial charge in [-0.2, -0.15) is 0 Å². The van der Waals surface area contributed by atoms with E-state index >= 15 is 0 Å². The summed E-state index contributed by atoms with van der Waals surface area (Å²) in [6.45, 7) is 5.76. The summed E-state index contributed by atoms with van der Waals surface area (Å²) in [5.74, 6) is -0.395. The van der Waals surface area contributed by atoms with Gasteiger partial charge in [-0.05, 0) is 50.5 Å². The van der Waals surface area contributed by atoms with E-state index in [2.05, 4.69) is 0 Å². The summed E-state index contributed by atoms with van der Waals surface area (Å²) in [5.41, 5.74) is 7.73. The van der Waals surface area contributed by atoms with Crippen LogP contribution in [0.5, 0.6) is 5.75 Å². The smallest absolute Gasteiger partial charge is 0.329 e. The Labute approximate surface area is 198 Å². The first-order chi connectivity index (χ1) is 15.6. The first-order valence-corrected chi connectivity index (χ1v) is 11.3. The number of carbonyl (C=O) groups is 3. The monoisotopic (exact) mass is 472 g/mol.